The van der Waals surface area contributed by atoms with Gasteiger partial charge in [-0.3, -0.25) is 9.69 Å². The number of halogens is 2. The van der Waals surface area contributed by atoms with E-state index in [1.54, 1.807) is 35.2 Å². The zero-order valence-corrected chi connectivity index (χ0v) is 17.9. The van der Waals surface area contributed by atoms with Crippen LogP contribution in [0.2, 0.25) is 10.0 Å². The number of hydrogen-bond acceptors (Lipinski definition) is 5. The highest BCUT2D eigenvalue weighted by Gasteiger charge is 2.23. The summed E-state index contributed by atoms with van der Waals surface area (Å²) in [7, 11) is -3.71. The Morgan fingerprint density at radius 1 is 1.03 bits per heavy atom. The van der Waals surface area contributed by atoms with Crippen LogP contribution in [0.1, 0.15) is 10.4 Å². The van der Waals surface area contributed by atoms with E-state index < -0.39 is 10.0 Å². The highest BCUT2D eigenvalue weighted by molar-refractivity contribution is 7.89. The molecule has 0 bridgehead atoms. The minimum absolute atomic E-state index is 0.0476. The molecule has 0 aromatic heterocycles. The lowest BCUT2D eigenvalue weighted by molar-refractivity contribution is 0.0620. The fraction of sp³-hybridized carbons (Fsp3) is 0.316. The number of piperazine rings is 1. The number of rotatable bonds is 6. The Morgan fingerprint density at radius 3 is 2.28 bits per heavy atom. The van der Waals surface area contributed by atoms with Gasteiger partial charge in [0.15, 0.2) is 0 Å². The Balaban J connectivity index is 1.44. The molecule has 1 amide bonds. The van der Waals surface area contributed by atoms with E-state index in [1.165, 1.54) is 12.1 Å². The minimum Gasteiger partial charge on any atom is -0.492 e. The van der Waals surface area contributed by atoms with E-state index in [1.807, 2.05) is 0 Å². The van der Waals surface area contributed by atoms with Crippen LogP contribution in [0, 0.1) is 0 Å². The van der Waals surface area contributed by atoms with Gasteiger partial charge in [-0.15, -0.1) is 0 Å². The molecule has 0 atom stereocenters. The standard InChI is InChI=1S/C19H21Cl2N3O4S/c20-14-1-6-17(18(21)13-14)19(25)24-9-7-23(8-10-24)11-12-28-15-2-4-16(5-3-15)29(22,26)27/h1-6,13H,7-12H2,(H2,22,26,27). The number of carbonyl (C=O) groups excluding carboxylic acids is 1. The first-order chi connectivity index (χ1) is 13.7. The lowest BCUT2D eigenvalue weighted by Gasteiger charge is -2.34. The molecule has 1 heterocycles. The zero-order chi connectivity index (χ0) is 21.0. The van der Waals surface area contributed by atoms with E-state index in [0.717, 1.165) is 13.1 Å². The van der Waals surface area contributed by atoms with Crippen LogP contribution in [0.25, 0.3) is 0 Å². The van der Waals surface area contributed by atoms with Crippen LogP contribution in [-0.4, -0.2) is 63.5 Å². The summed E-state index contributed by atoms with van der Waals surface area (Å²) in [6, 6.07) is 10.9. The van der Waals surface area contributed by atoms with Gasteiger partial charge in [0.25, 0.3) is 5.91 Å². The molecule has 1 saturated heterocycles. The molecule has 7 nitrogen and oxygen atoms in total. The number of nitrogens with two attached hydrogens (primary N) is 1. The number of carbonyl (C=O) groups is 1. The maximum Gasteiger partial charge on any atom is 0.255 e. The quantitative estimate of drug-likeness (QED) is 0.718. The van der Waals surface area contributed by atoms with Crippen LogP contribution < -0.4 is 9.88 Å². The largest absolute Gasteiger partial charge is 0.492 e. The molecule has 156 valence electrons. The second kappa shape index (κ2) is 9.32. The van der Waals surface area contributed by atoms with Crippen molar-refractivity contribution in [1.29, 1.82) is 0 Å². The van der Waals surface area contributed by atoms with Crippen molar-refractivity contribution in [3.63, 3.8) is 0 Å². The topological polar surface area (TPSA) is 92.9 Å². The number of sulfonamides is 1. The van der Waals surface area contributed by atoms with Gasteiger partial charge in [-0.05, 0) is 42.5 Å². The molecule has 1 fully saturated rings. The van der Waals surface area contributed by atoms with Crippen LogP contribution >= 0.6 is 23.2 Å². The molecule has 0 radical (unpaired) electrons. The summed E-state index contributed by atoms with van der Waals surface area (Å²) in [5, 5.41) is 5.92. The number of hydrogen-bond donors (Lipinski definition) is 1. The van der Waals surface area contributed by atoms with Gasteiger partial charge in [0.1, 0.15) is 12.4 Å². The van der Waals surface area contributed by atoms with E-state index in [0.29, 0.717) is 47.6 Å². The van der Waals surface area contributed by atoms with E-state index >= 15 is 0 Å². The summed E-state index contributed by atoms with van der Waals surface area (Å²) in [5.41, 5.74) is 0.454. The first kappa shape index (κ1) is 21.9. The van der Waals surface area contributed by atoms with Crippen LogP contribution in [0.3, 0.4) is 0 Å². The van der Waals surface area contributed by atoms with Crippen molar-refractivity contribution in [2.24, 2.45) is 5.14 Å². The fourth-order valence-corrected chi connectivity index (χ4v) is 4.03. The summed E-state index contributed by atoms with van der Waals surface area (Å²) in [6.45, 7) is 3.80. The van der Waals surface area contributed by atoms with Gasteiger partial charge in [-0.25, -0.2) is 13.6 Å². The monoisotopic (exact) mass is 457 g/mol. The number of nitrogens with zero attached hydrogens (tertiary/aromatic N) is 2. The Labute approximate surface area is 180 Å². The molecule has 0 saturated carbocycles. The van der Waals surface area contributed by atoms with Gasteiger partial charge in [-0.2, -0.15) is 0 Å². The second-order valence-electron chi connectivity index (χ2n) is 6.62. The molecule has 2 N–H and O–H groups in total. The van der Waals surface area contributed by atoms with Crippen molar-refractivity contribution in [3.05, 3.63) is 58.1 Å². The molecular formula is C19H21Cl2N3O4S. The van der Waals surface area contributed by atoms with Crippen molar-refractivity contribution in [1.82, 2.24) is 9.80 Å². The average molecular weight is 458 g/mol. The van der Waals surface area contributed by atoms with E-state index in [9.17, 15) is 13.2 Å². The molecular weight excluding hydrogens is 437 g/mol. The lowest BCUT2D eigenvalue weighted by Crippen LogP contribution is -2.49. The molecule has 29 heavy (non-hydrogen) atoms. The maximum absolute atomic E-state index is 12.6. The fourth-order valence-electron chi connectivity index (χ4n) is 3.03. The SMILES string of the molecule is NS(=O)(=O)c1ccc(OCCN2CCN(C(=O)c3ccc(Cl)cc3Cl)CC2)cc1. The summed E-state index contributed by atoms with van der Waals surface area (Å²) < 4.78 is 28.2. The molecule has 3 rings (SSSR count). The van der Waals surface area contributed by atoms with Gasteiger partial charge in [0, 0.05) is 37.7 Å². The Bertz CT molecular complexity index is 975. The molecule has 2 aromatic carbocycles. The van der Waals surface area contributed by atoms with Crippen LogP contribution in [0.4, 0.5) is 0 Å². The Morgan fingerprint density at radius 2 is 1.69 bits per heavy atom. The van der Waals surface area contributed by atoms with Crippen molar-refractivity contribution in [3.8, 4) is 5.75 Å². The van der Waals surface area contributed by atoms with E-state index in [2.05, 4.69) is 4.90 Å². The molecule has 0 aliphatic carbocycles. The minimum atomic E-state index is -3.71. The van der Waals surface area contributed by atoms with Crippen LogP contribution in [-0.2, 0) is 10.0 Å². The van der Waals surface area contributed by atoms with Crippen molar-refractivity contribution in [2.75, 3.05) is 39.3 Å². The highest BCUT2D eigenvalue weighted by atomic mass is 35.5. The number of benzene rings is 2. The smallest absolute Gasteiger partial charge is 0.255 e. The van der Waals surface area contributed by atoms with Gasteiger partial charge in [0.05, 0.1) is 15.5 Å². The van der Waals surface area contributed by atoms with Gasteiger partial charge < -0.3 is 9.64 Å². The number of ether oxygens (including phenoxy) is 1. The predicted octanol–water partition coefficient (Wildman–Crippen LogP) is 2.48. The Kier molecular flexibility index (Phi) is 7.02. The summed E-state index contributed by atoms with van der Waals surface area (Å²) in [4.78, 5) is 16.7. The van der Waals surface area contributed by atoms with Gasteiger partial charge in [0.2, 0.25) is 10.0 Å². The normalized spacial score (nSPS) is 15.3. The molecule has 2 aromatic rings. The molecule has 0 unspecified atom stereocenters. The molecule has 1 aliphatic heterocycles. The van der Waals surface area contributed by atoms with Crippen LogP contribution in [0.15, 0.2) is 47.4 Å². The van der Waals surface area contributed by atoms with E-state index in [-0.39, 0.29) is 10.8 Å². The van der Waals surface area contributed by atoms with E-state index in [4.69, 9.17) is 33.1 Å². The van der Waals surface area contributed by atoms with Gasteiger partial charge in [-0.1, -0.05) is 23.2 Å². The van der Waals surface area contributed by atoms with Gasteiger partial charge >= 0.3 is 0 Å². The maximum atomic E-state index is 12.6. The van der Waals surface area contributed by atoms with Crippen molar-refractivity contribution >= 4 is 39.1 Å². The molecule has 1 aliphatic rings. The first-order valence-corrected chi connectivity index (χ1v) is 11.3. The summed E-state index contributed by atoms with van der Waals surface area (Å²) in [6.07, 6.45) is 0. The average Bonchev–Trinajstić information content (AvgIpc) is 2.68. The summed E-state index contributed by atoms with van der Waals surface area (Å²) in [5.74, 6) is 0.473. The first-order valence-electron chi connectivity index (χ1n) is 8.96. The van der Waals surface area contributed by atoms with Crippen molar-refractivity contribution < 1.29 is 17.9 Å². The predicted molar refractivity (Wildman–Crippen MR) is 112 cm³/mol. The second-order valence-corrected chi connectivity index (χ2v) is 9.03. The highest BCUT2D eigenvalue weighted by Crippen LogP contribution is 2.23. The number of amides is 1. The van der Waals surface area contributed by atoms with Crippen LogP contribution in [0.5, 0.6) is 5.75 Å². The van der Waals surface area contributed by atoms with Crippen molar-refractivity contribution in [2.45, 2.75) is 4.90 Å². The molecule has 0 spiro atoms. The third-order valence-corrected chi connectivity index (χ3v) is 6.13. The molecule has 10 heteroatoms. The summed E-state index contributed by atoms with van der Waals surface area (Å²) >= 11 is 12.0. The lowest BCUT2D eigenvalue weighted by atomic mass is 10.2. The number of primary sulfonamides is 1. The zero-order valence-electron chi connectivity index (χ0n) is 15.6. The third kappa shape index (κ3) is 5.83. The third-order valence-electron chi connectivity index (χ3n) is 4.65. The Hall–Kier alpha value is -1.84.